The van der Waals surface area contributed by atoms with Gasteiger partial charge in [-0.05, 0) is 30.2 Å². The first-order chi connectivity index (χ1) is 10.5. The number of phenols is 2. The zero-order valence-corrected chi connectivity index (χ0v) is 11.9. The lowest BCUT2D eigenvalue weighted by atomic mass is 10.1. The van der Waals surface area contributed by atoms with Crippen LogP contribution in [0.5, 0.6) is 11.5 Å². The second-order valence-corrected chi connectivity index (χ2v) is 4.66. The smallest absolute Gasteiger partial charge is 0.269 e. The molecule has 0 atom stereocenters. The molecule has 0 aliphatic heterocycles. The maximum Gasteiger partial charge on any atom is 0.269 e. The van der Waals surface area contributed by atoms with Crippen molar-refractivity contribution in [3.05, 3.63) is 52.1 Å². The number of aromatic hydroxyl groups is 2. The van der Waals surface area contributed by atoms with Crippen molar-refractivity contribution < 1.29 is 15.1 Å². The summed E-state index contributed by atoms with van der Waals surface area (Å²) in [5.41, 5.74) is 1.00. The van der Waals surface area contributed by atoms with E-state index in [0.29, 0.717) is 17.7 Å². The predicted molar refractivity (Wildman–Crippen MR) is 81.0 cm³/mol. The SMILES string of the molecule is CCCc1ccc(O)c(N=Nc2ccc([N+](=O)[O-])cc2)c1O. The Bertz CT molecular complexity index is 711. The number of hydrogen-bond acceptors (Lipinski definition) is 6. The number of benzene rings is 2. The van der Waals surface area contributed by atoms with Crippen molar-refractivity contribution in [3.8, 4) is 11.5 Å². The van der Waals surface area contributed by atoms with Crippen molar-refractivity contribution in [1.29, 1.82) is 0 Å². The van der Waals surface area contributed by atoms with Gasteiger partial charge >= 0.3 is 0 Å². The van der Waals surface area contributed by atoms with Gasteiger partial charge < -0.3 is 10.2 Å². The van der Waals surface area contributed by atoms with Crippen LogP contribution in [0.4, 0.5) is 17.1 Å². The highest BCUT2D eigenvalue weighted by Crippen LogP contribution is 2.40. The number of phenolic OH excluding ortho intramolecular Hbond substituents is 2. The van der Waals surface area contributed by atoms with Crippen molar-refractivity contribution in [2.75, 3.05) is 0 Å². The van der Waals surface area contributed by atoms with E-state index in [4.69, 9.17) is 0 Å². The average Bonchev–Trinajstić information content (AvgIpc) is 2.50. The fourth-order valence-electron chi connectivity index (χ4n) is 1.93. The van der Waals surface area contributed by atoms with Crippen molar-refractivity contribution in [2.24, 2.45) is 10.2 Å². The third kappa shape index (κ3) is 3.38. The van der Waals surface area contributed by atoms with Crippen LogP contribution in [0.25, 0.3) is 0 Å². The van der Waals surface area contributed by atoms with Crippen LogP contribution in [0.1, 0.15) is 18.9 Å². The Morgan fingerprint density at radius 2 is 1.77 bits per heavy atom. The van der Waals surface area contributed by atoms with Gasteiger partial charge in [0.25, 0.3) is 5.69 Å². The van der Waals surface area contributed by atoms with E-state index < -0.39 is 4.92 Å². The quantitative estimate of drug-likeness (QED) is 0.485. The fraction of sp³-hybridized carbons (Fsp3) is 0.200. The van der Waals surface area contributed by atoms with Gasteiger partial charge in [0.15, 0.2) is 5.69 Å². The maximum absolute atomic E-state index is 10.6. The molecular weight excluding hydrogens is 286 g/mol. The van der Waals surface area contributed by atoms with E-state index in [-0.39, 0.29) is 22.9 Å². The third-order valence-corrected chi connectivity index (χ3v) is 3.06. The van der Waals surface area contributed by atoms with E-state index in [2.05, 4.69) is 10.2 Å². The molecule has 0 aliphatic carbocycles. The number of azo groups is 1. The van der Waals surface area contributed by atoms with Gasteiger partial charge in [0.05, 0.1) is 10.6 Å². The molecule has 0 amide bonds. The lowest BCUT2D eigenvalue weighted by Crippen LogP contribution is -1.85. The van der Waals surface area contributed by atoms with Crippen LogP contribution >= 0.6 is 0 Å². The minimum absolute atomic E-state index is 0.00990. The summed E-state index contributed by atoms with van der Waals surface area (Å²) >= 11 is 0. The zero-order chi connectivity index (χ0) is 16.1. The molecular formula is C15H15N3O4. The Morgan fingerprint density at radius 3 is 2.36 bits per heavy atom. The summed E-state index contributed by atoms with van der Waals surface area (Å²) in [6.07, 6.45) is 1.50. The molecule has 7 nitrogen and oxygen atoms in total. The first kappa shape index (κ1) is 15.4. The van der Waals surface area contributed by atoms with Crippen LogP contribution in [0.3, 0.4) is 0 Å². The molecule has 2 rings (SSSR count). The Labute approximate surface area is 126 Å². The number of hydrogen-bond donors (Lipinski definition) is 2. The highest BCUT2D eigenvalue weighted by Gasteiger charge is 2.11. The number of nitrogens with zero attached hydrogens (tertiary/aromatic N) is 3. The van der Waals surface area contributed by atoms with E-state index in [1.54, 1.807) is 6.07 Å². The summed E-state index contributed by atoms with van der Waals surface area (Å²) in [5.74, 6) is -0.282. The molecule has 22 heavy (non-hydrogen) atoms. The Kier molecular flexibility index (Phi) is 4.67. The molecule has 0 aromatic heterocycles. The van der Waals surface area contributed by atoms with E-state index in [9.17, 15) is 20.3 Å². The molecule has 0 bridgehead atoms. The van der Waals surface area contributed by atoms with Crippen molar-refractivity contribution >= 4 is 17.1 Å². The van der Waals surface area contributed by atoms with Crippen LogP contribution < -0.4 is 0 Å². The van der Waals surface area contributed by atoms with E-state index in [1.807, 2.05) is 6.92 Å². The molecule has 0 saturated heterocycles. The summed E-state index contributed by atoms with van der Waals surface area (Å²) in [7, 11) is 0. The highest BCUT2D eigenvalue weighted by atomic mass is 16.6. The van der Waals surface area contributed by atoms with Crippen molar-refractivity contribution in [1.82, 2.24) is 0 Å². The number of aryl methyl sites for hydroxylation is 1. The van der Waals surface area contributed by atoms with Gasteiger partial charge in [-0.2, -0.15) is 5.11 Å². The Morgan fingerprint density at radius 1 is 1.09 bits per heavy atom. The molecule has 2 aromatic carbocycles. The first-order valence-electron chi connectivity index (χ1n) is 6.73. The largest absolute Gasteiger partial charge is 0.505 e. The summed E-state index contributed by atoms with van der Waals surface area (Å²) in [5, 5.41) is 38.2. The van der Waals surface area contributed by atoms with Crippen LogP contribution in [0, 0.1) is 10.1 Å². The van der Waals surface area contributed by atoms with Crippen LogP contribution in [0.15, 0.2) is 46.6 Å². The van der Waals surface area contributed by atoms with Gasteiger partial charge in [-0.25, -0.2) is 0 Å². The molecule has 0 fully saturated rings. The molecule has 0 aliphatic rings. The molecule has 0 heterocycles. The molecule has 0 spiro atoms. The fourth-order valence-corrected chi connectivity index (χ4v) is 1.93. The van der Waals surface area contributed by atoms with Crippen molar-refractivity contribution in [3.63, 3.8) is 0 Å². The predicted octanol–water partition coefficient (Wildman–Crippen LogP) is 4.37. The number of nitro groups is 1. The van der Waals surface area contributed by atoms with Crippen molar-refractivity contribution in [2.45, 2.75) is 19.8 Å². The van der Waals surface area contributed by atoms with Crippen LogP contribution in [0.2, 0.25) is 0 Å². The van der Waals surface area contributed by atoms with E-state index >= 15 is 0 Å². The van der Waals surface area contributed by atoms with Gasteiger partial charge in [-0.15, -0.1) is 5.11 Å². The normalized spacial score (nSPS) is 11.0. The number of nitro benzene ring substituents is 1. The summed E-state index contributed by atoms with van der Waals surface area (Å²) < 4.78 is 0. The minimum Gasteiger partial charge on any atom is -0.505 e. The van der Waals surface area contributed by atoms with E-state index in [1.165, 1.54) is 30.3 Å². The summed E-state index contributed by atoms with van der Waals surface area (Å²) in [4.78, 5) is 10.1. The van der Waals surface area contributed by atoms with Gasteiger partial charge in [0.2, 0.25) is 0 Å². The molecule has 2 N–H and O–H groups in total. The molecule has 0 radical (unpaired) electrons. The molecule has 2 aromatic rings. The maximum atomic E-state index is 10.6. The Balaban J connectivity index is 2.29. The second kappa shape index (κ2) is 6.66. The zero-order valence-electron chi connectivity index (χ0n) is 11.9. The molecule has 0 unspecified atom stereocenters. The summed E-state index contributed by atoms with van der Waals surface area (Å²) in [6, 6.07) is 8.58. The lowest BCUT2D eigenvalue weighted by molar-refractivity contribution is -0.384. The Hall–Kier alpha value is -2.96. The highest BCUT2D eigenvalue weighted by molar-refractivity contribution is 5.64. The average molecular weight is 301 g/mol. The lowest BCUT2D eigenvalue weighted by Gasteiger charge is -2.06. The molecule has 114 valence electrons. The minimum atomic E-state index is -0.507. The standard InChI is InChI=1S/C15H15N3O4/c1-2-3-10-4-9-13(19)14(15(10)20)17-16-11-5-7-12(8-6-11)18(21)22/h4-9,19-20H,2-3H2,1H3. The number of rotatable bonds is 5. The van der Waals surface area contributed by atoms with Crippen LogP contribution in [-0.4, -0.2) is 15.1 Å². The monoisotopic (exact) mass is 301 g/mol. The van der Waals surface area contributed by atoms with Gasteiger partial charge in [0.1, 0.15) is 11.5 Å². The van der Waals surface area contributed by atoms with Gasteiger partial charge in [-0.1, -0.05) is 19.4 Å². The number of non-ortho nitro benzene ring substituents is 1. The van der Waals surface area contributed by atoms with Gasteiger partial charge in [0, 0.05) is 12.1 Å². The topological polar surface area (TPSA) is 108 Å². The van der Waals surface area contributed by atoms with Gasteiger partial charge in [-0.3, -0.25) is 10.1 Å². The molecule has 0 saturated carbocycles. The first-order valence-corrected chi connectivity index (χ1v) is 6.73. The van der Waals surface area contributed by atoms with E-state index in [0.717, 1.165) is 6.42 Å². The van der Waals surface area contributed by atoms with Crippen LogP contribution in [-0.2, 0) is 6.42 Å². The second-order valence-electron chi connectivity index (χ2n) is 4.66. The summed E-state index contributed by atoms with van der Waals surface area (Å²) in [6.45, 7) is 1.98. The molecule has 7 heteroatoms. The third-order valence-electron chi connectivity index (χ3n) is 3.06.